The predicted molar refractivity (Wildman–Crippen MR) is 89.2 cm³/mol. The third kappa shape index (κ3) is 3.69. The predicted octanol–water partition coefficient (Wildman–Crippen LogP) is 1.83. The van der Waals surface area contributed by atoms with Crippen molar-refractivity contribution in [2.75, 3.05) is 13.1 Å². The minimum Gasteiger partial charge on any atom is -0.338 e. The summed E-state index contributed by atoms with van der Waals surface area (Å²) in [6, 6.07) is 1.67. The highest BCUT2D eigenvalue weighted by Gasteiger charge is 2.26. The van der Waals surface area contributed by atoms with Crippen molar-refractivity contribution in [1.29, 1.82) is 0 Å². The van der Waals surface area contributed by atoms with Gasteiger partial charge in [0.25, 0.3) is 5.56 Å². The largest absolute Gasteiger partial charge is 0.338 e. The van der Waals surface area contributed by atoms with Gasteiger partial charge in [-0.3, -0.25) is 9.69 Å². The summed E-state index contributed by atoms with van der Waals surface area (Å²) in [6.07, 6.45) is 7.27. The number of hydrogen-bond acceptors (Lipinski definition) is 4. The van der Waals surface area contributed by atoms with Gasteiger partial charge in [-0.15, -0.1) is 0 Å². The molecule has 0 bridgehead atoms. The first kappa shape index (κ1) is 15.9. The Balaban J connectivity index is 1.70. The lowest BCUT2D eigenvalue weighted by molar-refractivity contribution is 0.125. The molecule has 0 aromatic carbocycles. The highest BCUT2D eigenvalue weighted by atomic mass is 16.1. The van der Waals surface area contributed by atoms with Crippen molar-refractivity contribution >= 4 is 0 Å². The minimum atomic E-state index is -0.0686. The van der Waals surface area contributed by atoms with Crippen LogP contribution >= 0.6 is 0 Å². The quantitative estimate of drug-likeness (QED) is 0.935. The Labute approximate surface area is 136 Å². The van der Waals surface area contributed by atoms with E-state index in [0.29, 0.717) is 5.92 Å². The molecule has 23 heavy (non-hydrogen) atoms. The lowest BCUT2D eigenvalue weighted by Crippen LogP contribution is -2.39. The third-order valence-electron chi connectivity index (χ3n) is 4.77. The van der Waals surface area contributed by atoms with Crippen LogP contribution in [0.5, 0.6) is 0 Å². The number of rotatable bonds is 4. The molecule has 1 N–H and O–H groups in total. The van der Waals surface area contributed by atoms with E-state index in [4.69, 9.17) is 0 Å². The number of piperidine rings is 1. The van der Waals surface area contributed by atoms with Crippen molar-refractivity contribution in [1.82, 2.24) is 24.4 Å². The van der Waals surface area contributed by atoms with E-state index in [9.17, 15) is 4.79 Å². The van der Waals surface area contributed by atoms with Crippen LogP contribution in [0, 0.1) is 12.8 Å². The summed E-state index contributed by atoms with van der Waals surface area (Å²) in [5.41, 5.74) is 0.707. The normalized spacial score (nSPS) is 20.6. The third-order valence-corrected chi connectivity index (χ3v) is 4.77. The zero-order chi connectivity index (χ0) is 16.4. The van der Waals surface area contributed by atoms with Crippen LogP contribution in [-0.2, 0) is 13.5 Å². The molecule has 6 heteroatoms. The Hall–Kier alpha value is -1.95. The molecule has 0 aliphatic carbocycles. The van der Waals surface area contributed by atoms with Gasteiger partial charge < -0.3 is 9.55 Å². The number of aromatic nitrogens is 4. The summed E-state index contributed by atoms with van der Waals surface area (Å²) in [5.74, 6) is 2.52. The monoisotopic (exact) mass is 315 g/mol. The molecule has 6 nitrogen and oxygen atoms in total. The number of hydrogen-bond donors (Lipinski definition) is 1. The number of H-pyrrole nitrogens is 1. The summed E-state index contributed by atoms with van der Waals surface area (Å²) >= 11 is 0. The van der Waals surface area contributed by atoms with Gasteiger partial charge in [-0.25, -0.2) is 9.97 Å². The highest BCUT2D eigenvalue weighted by molar-refractivity contribution is 5.04. The molecule has 1 aliphatic rings. The van der Waals surface area contributed by atoms with Crippen LogP contribution in [0.15, 0.2) is 23.3 Å². The number of aryl methyl sites for hydroxylation is 2. The topological polar surface area (TPSA) is 66.8 Å². The van der Waals surface area contributed by atoms with Gasteiger partial charge in [-0.2, -0.15) is 0 Å². The summed E-state index contributed by atoms with van der Waals surface area (Å²) in [4.78, 5) is 26.0. The fourth-order valence-electron chi connectivity index (χ4n) is 3.44. The zero-order valence-electron chi connectivity index (χ0n) is 14.1. The second-order valence-corrected chi connectivity index (χ2v) is 6.61. The summed E-state index contributed by atoms with van der Waals surface area (Å²) in [6.45, 7) is 6.06. The Morgan fingerprint density at radius 1 is 1.48 bits per heavy atom. The summed E-state index contributed by atoms with van der Waals surface area (Å²) in [7, 11) is 2.05. The Bertz CT molecular complexity index is 720. The van der Waals surface area contributed by atoms with Crippen molar-refractivity contribution < 1.29 is 0 Å². The van der Waals surface area contributed by atoms with Gasteiger partial charge in [-0.05, 0) is 39.2 Å². The van der Waals surface area contributed by atoms with E-state index in [1.54, 1.807) is 0 Å². The molecule has 0 radical (unpaired) electrons. The molecule has 1 saturated heterocycles. The molecule has 0 amide bonds. The molecule has 1 fully saturated rings. The minimum absolute atomic E-state index is 0.0686. The van der Waals surface area contributed by atoms with Gasteiger partial charge in [-0.1, -0.05) is 0 Å². The van der Waals surface area contributed by atoms with Crippen LogP contribution in [0.3, 0.4) is 0 Å². The molecule has 0 saturated carbocycles. The van der Waals surface area contributed by atoms with Crippen LogP contribution < -0.4 is 5.56 Å². The van der Waals surface area contributed by atoms with Crippen LogP contribution in [0.1, 0.15) is 43.1 Å². The lowest BCUT2D eigenvalue weighted by atomic mass is 9.93. The Kier molecular flexibility index (Phi) is 4.61. The van der Waals surface area contributed by atoms with Crippen molar-refractivity contribution in [3.8, 4) is 0 Å². The highest BCUT2D eigenvalue weighted by Crippen LogP contribution is 2.26. The van der Waals surface area contributed by atoms with E-state index < -0.39 is 0 Å². The standard InChI is InChI=1S/C17H25N5O/c1-12-9-16(23)20-17(19-12)13(2)22-7-4-5-14(11-22)10-15-18-6-8-21(15)3/h6,8-9,13-14H,4-5,7,10-11H2,1-3H3,(H,19,20,23). The van der Waals surface area contributed by atoms with Crippen molar-refractivity contribution in [2.24, 2.45) is 13.0 Å². The molecule has 2 aromatic rings. The van der Waals surface area contributed by atoms with Crippen molar-refractivity contribution in [2.45, 2.75) is 39.2 Å². The molecule has 0 spiro atoms. The molecular formula is C17H25N5O. The van der Waals surface area contributed by atoms with Crippen molar-refractivity contribution in [3.05, 3.63) is 46.2 Å². The van der Waals surface area contributed by atoms with Crippen LogP contribution in [0.2, 0.25) is 0 Å². The second kappa shape index (κ2) is 6.66. The Morgan fingerprint density at radius 3 is 3.00 bits per heavy atom. The number of nitrogens with one attached hydrogen (secondary N) is 1. The fraction of sp³-hybridized carbons (Fsp3) is 0.588. The maximum Gasteiger partial charge on any atom is 0.251 e. The first-order chi connectivity index (χ1) is 11.0. The van der Waals surface area contributed by atoms with Crippen LogP contribution in [-0.4, -0.2) is 37.5 Å². The van der Waals surface area contributed by atoms with Gasteiger partial charge in [0, 0.05) is 44.2 Å². The zero-order valence-corrected chi connectivity index (χ0v) is 14.1. The molecule has 3 heterocycles. The fourth-order valence-corrected chi connectivity index (χ4v) is 3.44. The summed E-state index contributed by atoms with van der Waals surface area (Å²) < 4.78 is 2.10. The van der Waals surface area contributed by atoms with E-state index in [0.717, 1.165) is 36.9 Å². The molecule has 2 unspecified atom stereocenters. The van der Waals surface area contributed by atoms with Gasteiger partial charge in [0.15, 0.2) is 0 Å². The molecule has 3 rings (SSSR count). The molecular weight excluding hydrogens is 290 g/mol. The van der Waals surface area contributed by atoms with E-state index in [1.807, 2.05) is 26.4 Å². The SMILES string of the molecule is Cc1cc(=O)[nH]c(C(C)N2CCCC(Cc3nccn3C)C2)n1. The Morgan fingerprint density at radius 2 is 2.30 bits per heavy atom. The number of imidazole rings is 1. The average Bonchev–Trinajstić information content (AvgIpc) is 2.91. The molecule has 124 valence electrons. The maximum atomic E-state index is 11.7. The summed E-state index contributed by atoms with van der Waals surface area (Å²) in [5, 5.41) is 0. The second-order valence-electron chi connectivity index (χ2n) is 6.61. The molecule has 1 aliphatic heterocycles. The molecule has 2 atom stereocenters. The van der Waals surface area contributed by atoms with Crippen LogP contribution in [0.4, 0.5) is 0 Å². The van der Waals surface area contributed by atoms with Gasteiger partial charge in [0.05, 0.1) is 6.04 Å². The van der Waals surface area contributed by atoms with Crippen LogP contribution in [0.25, 0.3) is 0 Å². The van der Waals surface area contributed by atoms with E-state index in [1.165, 1.54) is 18.9 Å². The van der Waals surface area contributed by atoms with E-state index >= 15 is 0 Å². The first-order valence-electron chi connectivity index (χ1n) is 8.31. The van der Waals surface area contributed by atoms with E-state index in [2.05, 4.69) is 31.3 Å². The van der Waals surface area contributed by atoms with Gasteiger partial charge >= 0.3 is 0 Å². The number of likely N-dealkylation sites (tertiary alicyclic amines) is 1. The first-order valence-corrected chi connectivity index (χ1v) is 8.31. The average molecular weight is 315 g/mol. The lowest BCUT2D eigenvalue weighted by Gasteiger charge is -2.36. The number of aromatic amines is 1. The molecule has 2 aromatic heterocycles. The van der Waals surface area contributed by atoms with E-state index in [-0.39, 0.29) is 11.6 Å². The van der Waals surface area contributed by atoms with Gasteiger partial charge in [0.2, 0.25) is 0 Å². The smallest absolute Gasteiger partial charge is 0.251 e. The van der Waals surface area contributed by atoms with Crippen molar-refractivity contribution in [3.63, 3.8) is 0 Å². The number of nitrogens with zero attached hydrogens (tertiary/aromatic N) is 4. The van der Waals surface area contributed by atoms with Gasteiger partial charge in [0.1, 0.15) is 11.6 Å². The maximum absolute atomic E-state index is 11.7.